The van der Waals surface area contributed by atoms with E-state index in [1.54, 1.807) is 43.5 Å². The number of ether oxygens (including phenoxy) is 3. The lowest BCUT2D eigenvalue weighted by molar-refractivity contribution is 0.102. The highest BCUT2D eigenvalue weighted by Gasteiger charge is 2.22. The van der Waals surface area contributed by atoms with Crippen molar-refractivity contribution in [2.45, 2.75) is 4.90 Å². The lowest BCUT2D eigenvalue weighted by atomic mass is 10.2. The monoisotopic (exact) mass is 471 g/mol. The molecule has 1 N–H and O–H groups in total. The summed E-state index contributed by atoms with van der Waals surface area (Å²) in [6.45, 7) is 0.800. The van der Waals surface area contributed by atoms with E-state index >= 15 is 0 Å². The minimum atomic E-state index is -3.88. The molecule has 0 aliphatic rings. The number of nitrogens with one attached hydrogen (secondary N) is 1. The van der Waals surface area contributed by atoms with Gasteiger partial charge in [0.25, 0.3) is 15.9 Å². The summed E-state index contributed by atoms with van der Waals surface area (Å²) < 4.78 is 42.7. The Morgan fingerprint density at radius 1 is 1.03 bits per heavy atom. The van der Waals surface area contributed by atoms with Crippen LogP contribution in [0.5, 0.6) is 11.6 Å². The predicted molar refractivity (Wildman–Crippen MR) is 125 cm³/mol. The second-order valence-corrected chi connectivity index (χ2v) is 8.85. The molecule has 0 radical (unpaired) electrons. The molecule has 0 saturated heterocycles. The van der Waals surface area contributed by atoms with Crippen molar-refractivity contribution in [3.8, 4) is 11.6 Å². The third-order valence-corrected chi connectivity index (χ3v) is 6.50. The number of benzene rings is 2. The Kier molecular flexibility index (Phi) is 7.86. The van der Waals surface area contributed by atoms with Gasteiger partial charge in [-0.1, -0.05) is 6.07 Å². The number of amides is 1. The lowest BCUT2D eigenvalue weighted by Gasteiger charge is -2.20. The summed E-state index contributed by atoms with van der Waals surface area (Å²) in [7, 11) is 0.678. The van der Waals surface area contributed by atoms with E-state index in [1.807, 2.05) is 0 Å². The third kappa shape index (κ3) is 5.99. The first-order chi connectivity index (χ1) is 15.8. The number of nitrogens with zero attached hydrogens (tertiary/aromatic N) is 2. The summed E-state index contributed by atoms with van der Waals surface area (Å²) in [4.78, 5) is 16.8. The number of methoxy groups -OCH3 is 2. The van der Waals surface area contributed by atoms with Crippen LogP contribution in [0, 0.1) is 0 Å². The minimum Gasteiger partial charge on any atom is -0.497 e. The molecule has 1 heterocycles. The van der Waals surface area contributed by atoms with E-state index in [9.17, 15) is 13.2 Å². The van der Waals surface area contributed by atoms with Crippen molar-refractivity contribution in [3.05, 3.63) is 72.4 Å². The molecule has 0 atom stereocenters. The smallest absolute Gasteiger partial charge is 0.264 e. The molecule has 3 rings (SSSR count). The Morgan fingerprint density at radius 2 is 1.79 bits per heavy atom. The number of hydrogen-bond acceptors (Lipinski definition) is 7. The number of hydrogen-bond donors (Lipinski definition) is 1. The van der Waals surface area contributed by atoms with E-state index in [0.29, 0.717) is 36.2 Å². The van der Waals surface area contributed by atoms with E-state index in [0.717, 1.165) is 4.31 Å². The van der Waals surface area contributed by atoms with Gasteiger partial charge in [0.1, 0.15) is 12.4 Å². The van der Waals surface area contributed by atoms with Crippen molar-refractivity contribution in [2.24, 2.45) is 0 Å². The van der Waals surface area contributed by atoms with E-state index < -0.39 is 15.9 Å². The SMILES string of the molecule is COCCOc1ccc(NC(=O)c2cccc(S(=O)(=O)N(C)c3ccc(OC)cc3)c2)cn1. The summed E-state index contributed by atoms with van der Waals surface area (Å²) in [5.74, 6) is 0.556. The molecule has 33 heavy (non-hydrogen) atoms. The zero-order valence-corrected chi connectivity index (χ0v) is 19.3. The van der Waals surface area contributed by atoms with Gasteiger partial charge < -0.3 is 19.5 Å². The van der Waals surface area contributed by atoms with Gasteiger partial charge in [-0.3, -0.25) is 9.10 Å². The molecule has 0 aliphatic heterocycles. The number of pyridine rings is 1. The fraction of sp³-hybridized carbons (Fsp3) is 0.217. The highest BCUT2D eigenvalue weighted by atomic mass is 32.2. The average molecular weight is 472 g/mol. The Bertz CT molecular complexity index is 1180. The van der Waals surface area contributed by atoms with Crippen molar-refractivity contribution in [2.75, 3.05) is 44.1 Å². The number of aromatic nitrogens is 1. The molecule has 0 fully saturated rings. The largest absolute Gasteiger partial charge is 0.497 e. The average Bonchev–Trinajstić information content (AvgIpc) is 2.85. The number of anilines is 2. The number of carbonyl (C=O) groups is 1. The number of carbonyl (C=O) groups excluding carboxylic acids is 1. The molecule has 9 nitrogen and oxygen atoms in total. The summed E-state index contributed by atoms with van der Waals surface area (Å²) in [5.41, 5.74) is 1.10. The van der Waals surface area contributed by atoms with Gasteiger partial charge in [-0.25, -0.2) is 13.4 Å². The van der Waals surface area contributed by atoms with Crippen LogP contribution in [0.2, 0.25) is 0 Å². The highest BCUT2D eigenvalue weighted by Crippen LogP contribution is 2.25. The molecular weight excluding hydrogens is 446 g/mol. The van der Waals surface area contributed by atoms with E-state index in [4.69, 9.17) is 14.2 Å². The Labute approximate surface area is 193 Å². The first-order valence-corrected chi connectivity index (χ1v) is 11.4. The Balaban J connectivity index is 1.73. The van der Waals surface area contributed by atoms with Gasteiger partial charge in [-0.2, -0.15) is 0 Å². The van der Waals surface area contributed by atoms with Crippen molar-refractivity contribution in [1.29, 1.82) is 0 Å². The molecule has 0 saturated carbocycles. The van der Waals surface area contributed by atoms with Gasteiger partial charge in [-0.15, -0.1) is 0 Å². The molecule has 2 aromatic carbocycles. The molecular formula is C23H25N3O6S. The number of sulfonamides is 1. The molecule has 1 aromatic heterocycles. The molecule has 0 spiro atoms. The summed E-state index contributed by atoms with van der Waals surface area (Å²) in [5, 5.41) is 2.70. The first kappa shape index (κ1) is 24.0. The van der Waals surface area contributed by atoms with Crippen molar-refractivity contribution >= 4 is 27.3 Å². The van der Waals surface area contributed by atoms with Crippen molar-refractivity contribution in [3.63, 3.8) is 0 Å². The summed E-state index contributed by atoms with van der Waals surface area (Å²) in [6.07, 6.45) is 1.46. The molecule has 10 heteroatoms. The maximum Gasteiger partial charge on any atom is 0.264 e. The minimum absolute atomic E-state index is 0.00603. The van der Waals surface area contributed by atoms with Gasteiger partial charge >= 0.3 is 0 Å². The fourth-order valence-electron chi connectivity index (χ4n) is 2.86. The predicted octanol–water partition coefficient (Wildman–Crippen LogP) is 3.19. The van der Waals surface area contributed by atoms with Crippen LogP contribution in [0.4, 0.5) is 11.4 Å². The lowest BCUT2D eigenvalue weighted by Crippen LogP contribution is -2.26. The van der Waals surface area contributed by atoms with Crippen LogP contribution in [-0.2, 0) is 14.8 Å². The zero-order valence-electron chi connectivity index (χ0n) is 18.5. The summed E-state index contributed by atoms with van der Waals surface area (Å²) >= 11 is 0. The fourth-order valence-corrected chi connectivity index (χ4v) is 4.10. The Hall–Kier alpha value is -3.63. The standard InChI is InChI=1S/C23H25N3O6S/c1-26(19-8-10-20(31-3)11-9-19)33(28,29)21-6-4-5-17(15-21)23(27)25-18-7-12-22(24-16-18)32-14-13-30-2/h4-12,15-16H,13-14H2,1-3H3,(H,25,27). The topological polar surface area (TPSA) is 107 Å². The van der Waals surface area contributed by atoms with Gasteiger partial charge in [0.05, 0.1) is 36.2 Å². The van der Waals surface area contributed by atoms with Crippen LogP contribution in [0.25, 0.3) is 0 Å². The van der Waals surface area contributed by atoms with E-state index in [2.05, 4.69) is 10.3 Å². The zero-order chi connectivity index (χ0) is 23.8. The normalized spacial score (nSPS) is 11.0. The maximum atomic E-state index is 13.1. The van der Waals surface area contributed by atoms with E-state index in [1.165, 1.54) is 44.6 Å². The highest BCUT2D eigenvalue weighted by molar-refractivity contribution is 7.92. The Morgan fingerprint density at radius 3 is 2.42 bits per heavy atom. The van der Waals surface area contributed by atoms with Crippen molar-refractivity contribution < 1.29 is 27.4 Å². The second-order valence-electron chi connectivity index (χ2n) is 6.88. The van der Waals surface area contributed by atoms with Crippen LogP contribution in [0.15, 0.2) is 71.8 Å². The molecule has 0 bridgehead atoms. The maximum absolute atomic E-state index is 13.1. The van der Waals surface area contributed by atoms with Crippen molar-refractivity contribution in [1.82, 2.24) is 4.98 Å². The van der Waals surface area contributed by atoms with Crippen LogP contribution in [0.1, 0.15) is 10.4 Å². The van der Waals surface area contributed by atoms with Gasteiger partial charge in [0.15, 0.2) is 0 Å². The van der Waals surface area contributed by atoms with Crippen LogP contribution in [0.3, 0.4) is 0 Å². The van der Waals surface area contributed by atoms with Gasteiger partial charge in [0.2, 0.25) is 5.88 Å². The second kappa shape index (κ2) is 10.8. The van der Waals surface area contributed by atoms with Crippen LogP contribution < -0.4 is 19.1 Å². The third-order valence-electron chi connectivity index (χ3n) is 4.72. The molecule has 1 amide bonds. The molecule has 0 unspecified atom stereocenters. The summed E-state index contributed by atoms with van der Waals surface area (Å²) in [6, 6.07) is 15.7. The van der Waals surface area contributed by atoms with E-state index in [-0.39, 0.29) is 10.5 Å². The molecule has 174 valence electrons. The molecule has 0 aliphatic carbocycles. The number of rotatable bonds is 10. The first-order valence-electron chi connectivity index (χ1n) is 9.97. The van der Waals surface area contributed by atoms with Crippen LogP contribution >= 0.6 is 0 Å². The molecule has 3 aromatic rings. The quantitative estimate of drug-likeness (QED) is 0.453. The van der Waals surface area contributed by atoms with Gasteiger partial charge in [0, 0.05) is 25.8 Å². The van der Waals surface area contributed by atoms with Gasteiger partial charge in [-0.05, 0) is 48.5 Å². The van der Waals surface area contributed by atoms with Crippen LogP contribution in [-0.4, -0.2) is 53.8 Å².